The molecule has 0 amide bonds. The average Bonchev–Trinajstić information content (AvgIpc) is 2.86. The summed E-state index contributed by atoms with van der Waals surface area (Å²) >= 11 is 0. The number of benzene rings is 2. The standard InChI is InChI=1S/C29H38N2O3/c1-30(2)29-17-24(21-9-5-3-6-10-21)28(25(18-29)22-11-7-4-8-12-22)26(19-29)34-27(33)20-31-15-13-23(32)14-16-31/h3-12,23-26,28,32H,13-20H2,1-2H3/t24-,25-,26-,28?,29?/m0/s1. The van der Waals surface area contributed by atoms with Crippen LogP contribution in [0.2, 0.25) is 0 Å². The normalized spacial score (nSPS) is 32.1. The molecule has 0 radical (unpaired) electrons. The van der Waals surface area contributed by atoms with E-state index in [4.69, 9.17) is 4.74 Å². The molecule has 0 unspecified atom stereocenters. The molecule has 2 aromatic rings. The Morgan fingerprint density at radius 2 is 1.47 bits per heavy atom. The predicted molar refractivity (Wildman–Crippen MR) is 134 cm³/mol. The summed E-state index contributed by atoms with van der Waals surface area (Å²) < 4.78 is 6.36. The van der Waals surface area contributed by atoms with Gasteiger partial charge in [-0.15, -0.1) is 0 Å². The van der Waals surface area contributed by atoms with Gasteiger partial charge < -0.3 is 14.7 Å². The third kappa shape index (κ3) is 4.66. The van der Waals surface area contributed by atoms with Crippen LogP contribution in [-0.2, 0) is 9.53 Å². The van der Waals surface area contributed by atoms with Gasteiger partial charge in [0.2, 0.25) is 0 Å². The number of aliphatic hydroxyl groups excluding tert-OH is 1. The third-order valence-electron chi connectivity index (χ3n) is 8.74. The summed E-state index contributed by atoms with van der Waals surface area (Å²) in [4.78, 5) is 17.7. The Kier molecular flexibility index (Phi) is 6.79. The molecule has 3 saturated carbocycles. The number of carbonyl (C=O) groups excluding carboxylic acids is 1. The summed E-state index contributed by atoms with van der Waals surface area (Å²) in [5.41, 5.74) is 2.70. The number of esters is 1. The average molecular weight is 463 g/mol. The summed E-state index contributed by atoms with van der Waals surface area (Å²) in [5, 5.41) is 9.80. The van der Waals surface area contributed by atoms with Crippen molar-refractivity contribution in [1.82, 2.24) is 9.80 Å². The number of rotatable bonds is 6. The molecule has 5 nitrogen and oxygen atoms in total. The summed E-state index contributed by atoms with van der Waals surface area (Å²) in [6.45, 7) is 1.83. The predicted octanol–water partition coefficient (Wildman–Crippen LogP) is 4.04. The fraction of sp³-hybridized carbons (Fsp3) is 0.552. The number of nitrogens with zero attached hydrogens (tertiary/aromatic N) is 2. The topological polar surface area (TPSA) is 53.0 Å². The summed E-state index contributed by atoms with van der Waals surface area (Å²) in [7, 11) is 4.38. The first-order valence-corrected chi connectivity index (χ1v) is 12.8. The minimum Gasteiger partial charge on any atom is -0.461 e. The highest BCUT2D eigenvalue weighted by Gasteiger charge is 2.58. The maximum absolute atomic E-state index is 13.2. The van der Waals surface area contributed by atoms with Gasteiger partial charge in [0.05, 0.1) is 12.6 Å². The molecule has 1 saturated heterocycles. The number of fused-ring (bicyclic) bond motifs is 3. The maximum atomic E-state index is 13.2. The molecule has 4 fully saturated rings. The highest BCUT2D eigenvalue weighted by Crippen LogP contribution is 2.60. The Morgan fingerprint density at radius 1 is 0.941 bits per heavy atom. The lowest BCUT2D eigenvalue weighted by Gasteiger charge is -2.60. The Balaban J connectivity index is 1.45. The Hall–Kier alpha value is -2.21. The van der Waals surface area contributed by atoms with Crippen LogP contribution in [0.4, 0.5) is 0 Å². The van der Waals surface area contributed by atoms with Crippen molar-refractivity contribution in [2.45, 2.75) is 61.7 Å². The highest BCUT2D eigenvalue weighted by atomic mass is 16.5. The molecule has 182 valence electrons. The second-order valence-electron chi connectivity index (χ2n) is 10.9. The van der Waals surface area contributed by atoms with Gasteiger partial charge in [0.1, 0.15) is 6.10 Å². The van der Waals surface area contributed by atoms with Gasteiger partial charge in [0.25, 0.3) is 0 Å². The van der Waals surface area contributed by atoms with Crippen LogP contribution in [0.25, 0.3) is 0 Å². The van der Waals surface area contributed by atoms with Gasteiger partial charge in [-0.05, 0) is 62.7 Å². The third-order valence-corrected chi connectivity index (χ3v) is 8.74. The van der Waals surface area contributed by atoms with Crippen LogP contribution in [-0.4, -0.2) is 72.4 Å². The Bertz CT molecular complexity index is 906. The first kappa shape index (κ1) is 23.5. The monoisotopic (exact) mass is 462 g/mol. The molecular weight excluding hydrogens is 424 g/mol. The molecule has 6 rings (SSSR count). The van der Waals surface area contributed by atoms with Crippen LogP contribution in [0.3, 0.4) is 0 Å². The minimum atomic E-state index is -0.237. The van der Waals surface area contributed by atoms with Gasteiger partial charge in [-0.1, -0.05) is 60.7 Å². The SMILES string of the molecule is CN(C)C12C[C@H](OC(=O)CN3CCC(O)CC3)C([C@H](c3ccccc3)C1)[C@H](c1ccccc1)C2. The second-order valence-corrected chi connectivity index (χ2v) is 10.9. The zero-order chi connectivity index (χ0) is 23.7. The number of piperidine rings is 1. The zero-order valence-corrected chi connectivity index (χ0v) is 20.5. The highest BCUT2D eigenvalue weighted by molar-refractivity contribution is 5.72. The number of aliphatic hydroxyl groups is 1. The summed E-state index contributed by atoms with van der Waals surface area (Å²) in [5.74, 6) is 0.832. The molecule has 5 heteroatoms. The first-order chi connectivity index (χ1) is 16.4. The van der Waals surface area contributed by atoms with Gasteiger partial charge in [0.15, 0.2) is 0 Å². The summed E-state index contributed by atoms with van der Waals surface area (Å²) in [6, 6.07) is 21.6. The molecule has 3 atom stereocenters. The van der Waals surface area contributed by atoms with E-state index in [9.17, 15) is 9.90 Å². The van der Waals surface area contributed by atoms with E-state index < -0.39 is 0 Å². The van der Waals surface area contributed by atoms with E-state index >= 15 is 0 Å². The van der Waals surface area contributed by atoms with Crippen molar-refractivity contribution in [3.8, 4) is 0 Å². The molecule has 1 heterocycles. The largest absolute Gasteiger partial charge is 0.461 e. The van der Waals surface area contributed by atoms with E-state index in [1.165, 1.54) is 11.1 Å². The van der Waals surface area contributed by atoms with Gasteiger partial charge >= 0.3 is 5.97 Å². The molecule has 0 aromatic heterocycles. The smallest absolute Gasteiger partial charge is 0.320 e. The van der Waals surface area contributed by atoms with Crippen molar-refractivity contribution in [3.05, 3.63) is 71.8 Å². The van der Waals surface area contributed by atoms with Crippen LogP contribution in [0, 0.1) is 5.92 Å². The van der Waals surface area contributed by atoms with E-state index in [0.717, 1.165) is 45.2 Å². The van der Waals surface area contributed by atoms with Crippen molar-refractivity contribution in [3.63, 3.8) is 0 Å². The number of hydrogen-bond donors (Lipinski definition) is 1. The van der Waals surface area contributed by atoms with E-state index in [0.29, 0.717) is 18.4 Å². The molecule has 34 heavy (non-hydrogen) atoms. The van der Waals surface area contributed by atoms with E-state index in [-0.39, 0.29) is 29.6 Å². The first-order valence-electron chi connectivity index (χ1n) is 12.8. The zero-order valence-electron chi connectivity index (χ0n) is 20.5. The fourth-order valence-corrected chi connectivity index (χ4v) is 6.86. The van der Waals surface area contributed by atoms with Crippen molar-refractivity contribution in [2.75, 3.05) is 33.7 Å². The lowest BCUT2D eigenvalue weighted by atomic mass is 9.52. The fourth-order valence-electron chi connectivity index (χ4n) is 6.86. The number of likely N-dealkylation sites (tertiary alicyclic amines) is 1. The molecule has 3 aliphatic carbocycles. The van der Waals surface area contributed by atoms with Gasteiger partial charge in [0, 0.05) is 31.0 Å². The number of hydrogen-bond acceptors (Lipinski definition) is 5. The molecular formula is C29H38N2O3. The van der Waals surface area contributed by atoms with Crippen LogP contribution in [0.5, 0.6) is 0 Å². The lowest BCUT2D eigenvalue weighted by molar-refractivity contribution is -0.168. The van der Waals surface area contributed by atoms with Crippen LogP contribution in [0.1, 0.15) is 55.1 Å². The Morgan fingerprint density at radius 3 is 1.97 bits per heavy atom. The molecule has 1 N–H and O–H groups in total. The molecule has 1 aliphatic heterocycles. The van der Waals surface area contributed by atoms with E-state index in [2.05, 4.69) is 84.6 Å². The lowest BCUT2D eigenvalue weighted by Crippen LogP contribution is -2.61. The number of ether oxygens (including phenoxy) is 1. The molecule has 2 aromatic carbocycles. The van der Waals surface area contributed by atoms with Crippen LogP contribution < -0.4 is 0 Å². The van der Waals surface area contributed by atoms with Crippen molar-refractivity contribution >= 4 is 5.97 Å². The van der Waals surface area contributed by atoms with Crippen molar-refractivity contribution < 1.29 is 14.6 Å². The summed E-state index contributed by atoms with van der Waals surface area (Å²) in [6.07, 6.45) is 4.20. The van der Waals surface area contributed by atoms with Crippen LogP contribution >= 0.6 is 0 Å². The quantitative estimate of drug-likeness (QED) is 0.657. The molecule has 4 aliphatic rings. The van der Waals surface area contributed by atoms with Gasteiger partial charge in [-0.2, -0.15) is 0 Å². The van der Waals surface area contributed by atoms with Crippen molar-refractivity contribution in [2.24, 2.45) is 5.92 Å². The van der Waals surface area contributed by atoms with Crippen LogP contribution in [0.15, 0.2) is 60.7 Å². The van der Waals surface area contributed by atoms with E-state index in [1.54, 1.807) is 0 Å². The molecule has 2 bridgehead atoms. The van der Waals surface area contributed by atoms with Crippen molar-refractivity contribution in [1.29, 1.82) is 0 Å². The maximum Gasteiger partial charge on any atom is 0.320 e. The molecule has 0 spiro atoms. The van der Waals surface area contributed by atoms with E-state index in [1.807, 2.05) is 0 Å². The number of carbonyl (C=O) groups is 1. The van der Waals surface area contributed by atoms with Gasteiger partial charge in [-0.3, -0.25) is 9.69 Å². The van der Waals surface area contributed by atoms with Gasteiger partial charge in [-0.25, -0.2) is 0 Å². The minimum absolute atomic E-state index is 0.00402. The second kappa shape index (κ2) is 9.80. The Labute approximate surface area is 203 Å².